The molecule has 1 aromatic carbocycles. The Hall–Kier alpha value is -1.27. The van der Waals surface area contributed by atoms with Gasteiger partial charge in [-0.1, -0.05) is 6.92 Å². The standard InChI is InChI=1S/C14H20BrNO4/c1-4-16-8-10-6-11(15)13(12(7-10)19-5-2)20-9(3)14(17)18/h6-7,9,16H,4-5,8H2,1-3H3,(H,17,18). The van der Waals surface area contributed by atoms with Gasteiger partial charge in [0.05, 0.1) is 11.1 Å². The van der Waals surface area contributed by atoms with Crippen LogP contribution in [-0.4, -0.2) is 30.3 Å². The topological polar surface area (TPSA) is 67.8 Å². The molecule has 1 rings (SSSR count). The van der Waals surface area contributed by atoms with E-state index in [9.17, 15) is 4.79 Å². The summed E-state index contributed by atoms with van der Waals surface area (Å²) in [5.41, 5.74) is 1.04. The molecule has 20 heavy (non-hydrogen) atoms. The summed E-state index contributed by atoms with van der Waals surface area (Å²) in [5, 5.41) is 12.2. The van der Waals surface area contributed by atoms with Crippen molar-refractivity contribution in [2.45, 2.75) is 33.4 Å². The van der Waals surface area contributed by atoms with E-state index in [0.29, 0.717) is 29.1 Å². The Bertz CT molecular complexity index is 465. The van der Waals surface area contributed by atoms with Crippen molar-refractivity contribution in [3.63, 3.8) is 0 Å². The molecule has 0 aliphatic heterocycles. The van der Waals surface area contributed by atoms with Gasteiger partial charge in [-0.2, -0.15) is 0 Å². The maximum atomic E-state index is 10.9. The fourth-order valence-corrected chi connectivity index (χ4v) is 2.18. The third-order valence-electron chi connectivity index (χ3n) is 2.59. The van der Waals surface area contributed by atoms with E-state index >= 15 is 0 Å². The van der Waals surface area contributed by atoms with Crippen molar-refractivity contribution in [1.82, 2.24) is 5.32 Å². The molecule has 0 aliphatic carbocycles. The zero-order valence-electron chi connectivity index (χ0n) is 11.9. The van der Waals surface area contributed by atoms with Crippen molar-refractivity contribution < 1.29 is 19.4 Å². The molecule has 0 fully saturated rings. The molecule has 0 saturated heterocycles. The van der Waals surface area contributed by atoms with E-state index in [1.165, 1.54) is 6.92 Å². The summed E-state index contributed by atoms with van der Waals surface area (Å²) < 4.78 is 11.7. The zero-order chi connectivity index (χ0) is 15.1. The van der Waals surface area contributed by atoms with Crippen molar-refractivity contribution in [1.29, 1.82) is 0 Å². The summed E-state index contributed by atoms with van der Waals surface area (Å²) in [4.78, 5) is 10.9. The first-order valence-corrected chi connectivity index (χ1v) is 7.34. The molecule has 0 bridgehead atoms. The van der Waals surface area contributed by atoms with Gasteiger partial charge in [-0.25, -0.2) is 4.79 Å². The van der Waals surface area contributed by atoms with Crippen LogP contribution in [0.5, 0.6) is 11.5 Å². The number of hydrogen-bond acceptors (Lipinski definition) is 4. The van der Waals surface area contributed by atoms with Gasteiger partial charge in [0.25, 0.3) is 0 Å². The Labute approximate surface area is 127 Å². The second-order valence-corrected chi connectivity index (χ2v) is 5.07. The molecule has 0 aromatic heterocycles. The van der Waals surface area contributed by atoms with Crippen molar-refractivity contribution >= 4 is 21.9 Å². The molecule has 0 spiro atoms. The first-order valence-electron chi connectivity index (χ1n) is 6.54. The van der Waals surface area contributed by atoms with Crippen molar-refractivity contribution in [3.05, 3.63) is 22.2 Å². The fraction of sp³-hybridized carbons (Fsp3) is 0.500. The number of hydrogen-bond donors (Lipinski definition) is 2. The number of carboxylic acid groups (broad SMARTS) is 1. The summed E-state index contributed by atoms with van der Waals surface area (Å²) in [6.45, 7) is 7.45. The molecule has 0 radical (unpaired) electrons. The first-order chi connectivity index (χ1) is 9.49. The molecule has 6 heteroatoms. The molecule has 1 atom stereocenters. The van der Waals surface area contributed by atoms with Crippen LogP contribution in [0.15, 0.2) is 16.6 Å². The molecule has 0 amide bonds. The van der Waals surface area contributed by atoms with Gasteiger partial charge >= 0.3 is 5.97 Å². The maximum Gasteiger partial charge on any atom is 0.344 e. The van der Waals surface area contributed by atoms with Gasteiger partial charge in [-0.05, 0) is 54.0 Å². The lowest BCUT2D eigenvalue weighted by Crippen LogP contribution is -2.23. The molecule has 2 N–H and O–H groups in total. The number of halogens is 1. The Balaban J connectivity index is 3.05. The van der Waals surface area contributed by atoms with Crippen LogP contribution in [0, 0.1) is 0 Å². The normalized spacial score (nSPS) is 12.0. The third kappa shape index (κ3) is 4.68. The molecule has 1 aromatic rings. The van der Waals surface area contributed by atoms with Crippen LogP contribution in [0.1, 0.15) is 26.3 Å². The molecule has 0 heterocycles. The average molecular weight is 346 g/mol. The van der Waals surface area contributed by atoms with Crippen LogP contribution in [0.4, 0.5) is 0 Å². The highest BCUT2D eigenvalue weighted by Crippen LogP contribution is 2.37. The summed E-state index contributed by atoms with van der Waals surface area (Å²) in [7, 11) is 0. The van der Waals surface area contributed by atoms with Crippen LogP contribution in [0.3, 0.4) is 0 Å². The van der Waals surface area contributed by atoms with Gasteiger partial charge < -0.3 is 19.9 Å². The highest BCUT2D eigenvalue weighted by atomic mass is 79.9. The Morgan fingerprint density at radius 2 is 2.15 bits per heavy atom. The number of nitrogens with one attached hydrogen (secondary N) is 1. The summed E-state index contributed by atoms with van der Waals surface area (Å²) in [6, 6.07) is 3.76. The van der Waals surface area contributed by atoms with E-state index in [-0.39, 0.29) is 0 Å². The predicted octanol–water partition coefficient (Wildman–Crippen LogP) is 2.81. The smallest absolute Gasteiger partial charge is 0.344 e. The second kappa shape index (κ2) is 8.11. The number of rotatable bonds is 8. The zero-order valence-corrected chi connectivity index (χ0v) is 13.5. The van der Waals surface area contributed by atoms with E-state index in [1.807, 2.05) is 26.0 Å². The van der Waals surface area contributed by atoms with Crippen LogP contribution >= 0.6 is 15.9 Å². The third-order valence-corrected chi connectivity index (χ3v) is 3.18. The molecular formula is C14H20BrNO4. The average Bonchev–Trinajstić information content (AvgIpc) is 2.40. The number of carbonyl (C=O) groups is 1. The van der Waals surface area contributed by atoms with Gasteiger partial charge in [-0.15, -0.1) is 0 Å². The first kappa shape index (κ1) is 16.8. The van der Waals surface area contributed by atoms with Crippen LogP contribution in [0.2, 0.25) is 0 Å². The minimum atomic E-state index is -1.02. The van der Waals surface area contributed by atoms with Crippen molar-refractivity contribution in [3.8, 4) is 11.5 Å². The molecule has 1 unspecified atom stereocenters. The van der Waals surface area contributed by atoms with E-state index < -0.39 is 12.1 Å². The SMILES string of the molecule is CCNCc1cc(Br)c(OC(C)C(=O)O)c(OCC)c1. The Morgan fingerprint density at radius 3 is 2.70 bits per heavy atom. The lowest BCUT2D eigenvalue weighted by molar-refractivity contribution is -0.144. The van der Waals surface area contributed by atoms with Crippen molar-refractivity contribution in [2.75, 3.05) is 13.2 Å². The molecule has 0 aliphatic rings. The quantitative estimate of drug-likeness (QED) is 0.758. The van der Waals surface area contributed by atoms with Gasteiger partial charge in [0, 0.05) is 6.54 Å². The van der Waals surface area contributed by atoms with E-state index in [4.69, 9.17) is 14.6 Å². The fourth-order valence-electron chi connectivity index (χ4n) is 1.60. The van der Waals surface area contributed by atoms with Crippen LogP contribution in [0.25, 0.3) is 0 Å². The van der Waals surface area contributed by atoms with E-state index in [0.717, 1.165) is 12.1 Å². The van der Waals surface area contributed by atoms with Gasteiger partial charge in [0.1, 0.15) is 0 Å². The summed E-state index contributed by atoms with van der Waals surface area (Å²) >= 11 is 3.41. The minimum absolute atomic E-state index is 0.419. The Kier molecular flexibility index (Phi) is 6.81. The number of aliphatic carboxylic acids is 1. The summed E-state index contributed by atoms with van der Waals surface area (Å²) in [6.07, 6.45) is -0.940. The second-order valence-electron chi connectivity index (χ2n) is 4.22. The maximum absolute atomic E-state index is 10.9. The molecule has 5 nitrogen and oxygen atoms in total. The highest BCUT2D eigenvalue weighted by Gasteiger charge is 2.19. The summed E-state index contributed by atoms with van der Waals surface area (Å²) in [5.74, 6) is -0.0547. The molecule has 112 valence electrons. The highest BCUT2D eigenvalue weighted by molar-refractivity contribution is 9.10. The number of carboxylic acids is 1. The Morgan fingerprint density at radius 1 is 1.45 bits per heavy atom. The van der Waals surface area contributed by atoms with Crippen LogP contribution < -0.4 is 14.8 Å². The number of benzene rings is 1. The predicted molar refractivity (Wildman–Crippen MR) is 80.4 cm³/mol. The van der Waals surface area contributed by atoms with E-state index in [1.54, 1.807) is 0 Å². The minimum Gasteiger partial charge on any atom is -0.490 e. The largest absolute Gasteiger partial charge is 0.490 e. The molecule has 0 saturated carbocycles. The van der Waals surface area contributed by atoms with Gasteiger partial charge in [0.2, 0.25) is 0 Å². The van der Waals surface area contributed by atoms with Crippen molar-refractivity contribution in [2.24, 2.45) is 0 Å². The monoisotopic (exact) mass is 345 g/mol. The van der Waals surface area contributed by atoms with Gasteiger partial charge in [0.15, 0.2) is 17.6 Å². The molecular weight excluding hydrogens is 326 g/mol. The lowest BCUT2D eigenvalue weighted by atomic mass is 10.2. The van der Waals surface area contributed by atoms with Crippen LogP contribution in [-0.2, 0) is 11.3 Å². The van der Waals surface area contributed by atoms with E-state index in [2.05, 4.69) is 21.2 Å². The van der Waals surface area contributed by atoms with Gasteiger partial charge in [-0.3, -0.25) is 0 Å². The number of ether oxygens (including phenoxy) is 2. The lowest BCUT2D eigenvalue weighted by Gasteiger charge is -2.17.